The number of nitrogens with one attached hydrogen (secondary N) is 1. The number of nitrogens with zero attached hydrogens (tertiary/aromatic N) is 6. The molecule has 33 heavy (non-hydrogen) atoms. The summed E-state index contributed by atoms with van der Waals surface area (Å²) in [5, 5.41) is 4.61. The van der Waals surface area contributed by atoms with Gasteiger partial charge in [-0.15, -0.1) is 0 Å². The van der Waals surface area contributed by atoms with Gasteiger partial charge in [0.05, 0.1) is 12.1 Å². The number of carbonyl (C=O) groups is 1. The fourth-order valence-corrected chi connectivity index (χ4v) is 4.63. The summed E-state index contributed by atoms with van der Waals surface area (Å²) in [4.78, 5) is 33.7. The van der Waals surface area contributed by atoms with E-state index >= 15 is 0 Å². The topological polar surface area (TPSA) is 77.5 Å². The summed E-state index contributed by atoms with van der Waals surface area (Å²) in [5.74, 6) is 1.37. The largest absolute Gasteiger partial charge is 0.365 e. The zero-order valence-corrected chi connectivity index (χ0v) is 19.7. The summed E-state index contributed by atoms with van der Waals surface area (Å²) in [5.41, 5.74) is 3.46. The Bertz CT molecular complexity index is 1190. The third-order valence-corrected chi connectivity index (χ3v) is 6.69. The smallest absolute Gasteiger partial charge is 0.273 e. The molecular formula is C25H31N7O. The molecular weight excluding hydrogens is 414 g/mol. The molecule has 1 unspecified atom stereocenters. The van der Waals surface area contributed by atoms with Crippen LogP contribution in [0.15, 0.2) is 36.5 Å². The number of carbonyl (C=O) groups excluding carboxylic acids is 1. The molecule has 4 heterocycles. The zero-order chi connectivity index (χ0) is 23.1. The van der Waals surface area contributed by atoms with E-state index in [1.807, 2.05) is 43.1 Å². The van der Waals surface area contributed by atoms with Crippen LogP contribution in [0.3, 0.4) is 0 Å². The molecule has 0 radical (unpaired) electrons. The van der Waals surface area contributed by atoms with Crippen LogP contribution < -0.4 is 10.2 Å². The summed E-state index contributed by atoms with van der Waals surface area (Å²) in [7, 11) is 4.21. The first-order chi connectivity index (χ1) is 15.9. The van der Waals surface area contributed by atoms with Gasteiger partial charge in [0.2, 0.25) is 5.95 Å². The van der Waals surface area contributed by atoms with E-state index in [2.05, 4.69) is 46.3 Å². The third kappa shape index (κ3) is 4.11. The highest BCUT2D eigenvalue weighted by atomic mass is 16.2. The summed E-state index contributed by atoms with van der Waals surface area (Å²) in [6.45, 7) is 6.93. The second-order valence-corrected chi connectivity index (χ2v) is 9.47. The van der Waals surface area contributed by atoms with Crippen molar-refractivity contribution in [2.24, 2.45) is 0 Å². The van der Waals surface area contributed by atoms with Gasteiger partial charge in [-0.3, -0.25) is 9.78 Å². The fraction of sp³-hybridized carbons (Fsp3) is 0.440. The van der Waals surface area contributed by atoms with Gasteiger partial charge in [-0.25, -0.2) is 4.98 Å². The number of anilines is 2. The van der Waals surface area contributed by atoms with Crippen LogP contribution in [0.25, 0.3) is 10.9 Å². The molecule has 0 aliphatic carbocycles. The first kappa shape index (κ1) is 21.6. The van der Waals surface area contributed by atoms with Crippen LogP contribution in [0.4, 0.5) is 11.8 Å². The average Bonchev–Trinajstić information content (AvgIpc) is 3.43. The van der Waals surface area contributed by atoms with Gasteiger partial charge in [-0.05, 0) is 52.1 Å². The minimum Gasteiger partial charge on any atom is -0.365 e. The van der Waals surface area contributed by atoms with E-state index in [1.165, 1.54) is 0 Å². The van der Waals surface area contributed by atoms with E-state index in [0.29, 0.717) is 30.8 Å². The standard InChI is InChI=1S/C25H31N7O/c1-16(2)32-15-20-22(24(32)33)28-25(31-10-9-19(14-31)30(3)4)29-23(20)27-13-17-11-18-7-5-6-8-21(18)26-12-17/h5-8,11-12,16,19H,9-10,13-15H2,1-4H3,(H,27,28,29). The van der Waals surface area contributed by atoms with Crippen LogP contribution in [0.1, 0.15) is 41.9 Å². The normalized spacial score (nSPS) is 18.1. The van der Waals surface area contributed by atoms with E-state index in [4.69, 9.17) is 9.97 Å². The predicted octanol–water partition coefficient (Wildman–Crippen LogP) is 3.14. The fourth-order valence-electron chi connectivity index (χ4n) is 4.63. The molecule has 8 heteroatoms. The zero-order valence-electron chi connectivity index (χ0n) is 19.7. The van der Waals surface area contributed by atoms with Crippen LogP contribution in [0.5, 0.6) is 0 Å². The van der Waals surface area contributed by atoms with Crippen molar-refractivity contribution in [2.75, 3.05) is 37.4 Å². The molecule has 1 saturated heterocycles. The summed E-state index contributed by atoms with van der Waals surface area (Å²) < 4.78 is 0. The van der Waals surface area contributed by atoms with Crippen LogP contribution in [-0.2, 0) is 13.1 Å². The van der Waals surface area contributed by atoms with Crippen LogP contribution in [-0.4, -0.2) is 69.9 Å². The molecule has 5 rings (SSSR count). The Morgan fingerprint density at radius 2 is 2.03 bits per heavy atom. The van der Waals surface area contributed by atoms with Crippen molar-refractivity contribution >= 4 is 28.6 Å². The average molecular weight is 446 g/mol. The van der Waals surface area contributed by atoms with Crippen LogP contribution in [0.2, 0.25) is 0 Å². The number of likely N-dealkylation sites (N-methyl/N-ethyl adjacent to an activating group) is 1. The van der Waals surface area contributed by atoms with E-state index in [0.717, 1.165) is 47.4 Å². The van der Waals surface area contributed by atoms with Gasteiger partial charge in [-0.1, -0.05) is 18.2 Å². The number of rotatable bonds is 6. The van der Waals surface area contributed by atoms with Gasteiger partial charge >= 0.3 is 0 Å². The number of amides is 1. The van der Waals surface area contributed by atoms with Gasteiger partial charge < -0.3 is 20.0 Å². The molecule has 1 aromatic carbocycles. The number of aromatic nitrogens is 3. The molecule has 1 atom stereocenters. The molecule has 0 spiro atoms. The predicted molar refractivity (Wildman–Crippen MR) is 130 cm³/mol. The molecule has 2 aliphatic rings. The Hall–Kier alpha value is -3.26. The maximum atomic E-state index is 13.1. The minimum atomic E-state index is -0.0116. The van der Waals surface area contributed by atoms with Crippen molar-refractivity contribution in [2.45, 2.75) is 45.4 Å². The Labute approximate surface area is 194 Å². The van der Waals surface area contributed by atoms with Crippen LogP contribution >= 0.6 is 0 Å². The van der Waals surface area contributed by atoms with Crippen molar-refractivity contribution in [3.8, 4) is 0 Å². The van der Waals surface area contributed by atoms with Crippen molar-refractivity contribution in [1.82, 2.24) is 24.8 Å². The summed E-state index contributed by atoms with van der Waals surface area (Å²) in [6.07, 6.45) is 2.95. The lowest BCUT2D eigenvalue weighted by molar-refractivity contribution is 0.0726. The van der Waals surface area contributed by atoms with Gasteiger partial charge in [0.1, 0.15) is 11.5 Å². The number of hydrogen-bond acceptors (Lipinski definition) is 7. The second kappa shape index (κ2) is 8.59. The van der Waals surface area contributed by atoms with Gasteiger partial charge in [0.15, 0.2) is 0 Å². The number of hydrogen-bond donors (Lipinski definition) is 1. The number of para-hydroxylation sites is 1. The molecule has 1 amide bonds. The Kier molecular flexibility index (Phi) is 5.62. The first-order valence-electron chi connectivity index (χ1n) is 11.6. The SMILES string of the molecule is CC(C)N1Cc2c(NCc3cnc4ccccc4c3)nc(N3CCC(N(C)C)C3)nc2C1=O. The van der Waals surface area contributed by atoms with Crippen molar-refractivity contribution in [3.63, 3.8) is 0 Å². The van der Waals surface area contributed by atoms with Gasteiger partial charge in [0.25, 0.3) is 5.91 Å². The monoisotopic (exact) mass is 445 g/mol. The maximum absolute atomic E-state index is 13.1. The summed E-state index contributed by atoms with van der Waals surface area (Å²) >= 11 is 0. The highest BCUT2D eigenvalue weighted by Crippen LogP contribution is 2.31. The summed E-state index contributed by atoms with van der Waals surface area (Å²) in [6, 6.07) is 10.8. The second-order valence-electron chi connectivity index (χ2n) is 9.47. The molecule has 0 saturated carbocycles. The van der Waals surface area contributed by atoms with Gasteiger partial charge in [-0.2, -0.15) is 4.98 Å². The molecule has 1 fully saturated rings. The molecule has 172 valence electrons. The van der Waals surface area contributed by atoms with E-state index in [1.54, 1.807) is 0 Å². The quantitative estimate of drug-likeness (QED) is 0.625. The van der Waals surface area contributed by atoms with Crippen molar-refractivity contribution in [1.29, 1.82) is 0 Å². The molecule has 0 bridgehead atoms. The van der Waals surface area contributed by atoms with E-state index in [9.17, 15) is 4.79 Å². The van der Waals surface area contributed by atoms with Gasteiger partial charge in [0, 0.05) is 48.9 Å². The molecule has 2 aliphatic heterocycles. The lowest BCUT2D eigenvalue weighted by Gasteiger charge is -2.21. The number of pyridine rings is 1. The minimum absolute atomic E-state index is 0.0116. The van der Waals surface area contributed by atoms with E-state index < -0.39 is 0 Å². The highest BCUT2D eigenvalue weighted by molar-refractivity contribution is 5.98. The lowest BCUT2D eigenvalue weighted by atomic mass is 10.1. The molecule has 8 nitrogen and oxygen atoms in total. The molecule has 3 aromatic rings. The van der Waals surface area contributed by atoms with Crippen molar-refractivity contribution in [3.05, 3.63) is 53.3 Å². The first-order valence-corrected chi connectivity index (χ1v) is 11.6. The van der Waals surface area contributed by atoms with E-state index in [-0.39, 0.29) is 11.9 Å². The molecule has 1 N–H and O–H groups in total. The number of benzene rings is 1. The maximum Gasteiger partial charge on any atom is 0.273 e. The molecule has 2 aromatic heterocycles. The van der Waals surface area contributed by atoms with Crippen molar-refractivity contribution < 1.29 is 4.79 Å². The highest BCUT2D eigenvalue weighted by Gasteiger charge is 2.35. The third-order valence-electron chi connectivity index (χ3n) is 6.69. The lowest BCUT2D eigenvalue weighted by Crippen LogP contribution is -2.32. The Morgan fingerprint density at radius 1 is 1.21 bits per heavy atom. The Balaban J connectivity index is 1.45. The number of fused-ring (bicyclic) bond motifs is 2. The van der Waals surface area contributed by atoms with Crippen LogP contribution in [0, 0.1) is 0 Å². The Morgan fingerprint density at radius 3 is 2.79 bits per heavy atom.